The van der Waals surface area contributed by atoms with Crippen molar-refractivity contribution in [2.45, 2.75) is 39.0 Å². The Morgan fingerprint density at radius 1 is 0.907 bits per heavy atom. The van der Waals surface area contributed by atoms with E-state index in [2.05, 4.69) is 15.5 Å². The minimum atomic E-state index is -1.16. The predicted octanol–water partition coefficient (Wildman–Crippen LogP) is 5.30. The van der Waals surface area contributed by atoms with Crippen LogP contribution in [0, 0.1) is 5.82 Å². The first-order chi connectivity index (χ1) is 20.7. The molecule has 1 amide bonds. The zero-order valence-corrected chi connectivity index (χ0v) is 23.9. The lowest BCUT2D eigenvalue weighted by Crippen LogP contribution is -2.45. The monoisotopic (exact) mass is 583 g/mol. The van der Waals surface area contributed by atoms with Gasteiger partial charge in [0, 0.05) is 7.05 Å². The second kappa shape index (κ2) is 12.7. The topological polar surface area (TPSA) is 121 Å². The number of carbonyl (C=O) groups is 1. The van der Waals surface area contributed by atoms with E-state index in [1.54, 1.807) is 26.0 Å². The van der Waals surface area contributed by atoms with Crippen LogP contribution in [0.4, 0.5) is 9.18 Å². The molecule has 0 aliphatic carbocycles. The summed E-state index contributed by atoms with van der Waals surface area (Å²) >= 11 is 0. The molecule has 43 heavy (non-hydrogen) atoms. The fraction of sp³-hybridized carbons (Fsp3) is 0.219. The molecule has 5 rings (SSSR count). The molecule has 0 aliphatic rings. The molecule has 10 nitrogen and oxygen atoms in total. The van der Waals surface area contributed by atoms with E-state index in [1.165, 1.54) is 23.7 Å². The second-order valence-corrected chi connectivity index (χ2v) is 10.4. The molecule has 0 atom stereocenters. The Labute approximate surface area is 247 Å². The van der Waals surface area contributed by atoms with Gasteiger partial charge in [-0.3, -0.25) is 9.36 Å². The Balaban J connectivity index is 1.46. The van der Waals surface area contributed by atoms with Gasteiger partial charge in [-0.1, -0.05) is 72.8 Å². The number of hydrogen-bond acceptors (Lipinski definition) is 8. The number of ether oxygens (including phenoxy) is 2. The van der Waals surface area contributed by atoms with Gasteiger partial charge in [0.1, 0.15) is 24.9 Å². The summed E-state index contributed by atoms with van der Waals surface area (Å²) in [5.41, 5.74) is 0.780. The van der Waals surface area contributed by atoms with Crippen LogP contribution in [0.3, 0.4) is 0 Å². The van der Waals surface area contributed by atoms with Crippen LogP contribution in [-0.2, 0) is 37.0 Å². The molecule has 0 spiro atoms. The van der Waals surface area contributed by atoms with Crippen LogP contribution in [0.25, 0.3) is 11.6 Å². The van der Waals surface area contributed by atoms with E-state index < -0.39 is 17.2 Å². The fourth-order valence-corrected chi connectivity index (χ4v) is 4.41. The number of nitrogens with zero attached hydrogens (tertiary/aromatic N) is 4. The number of nitrogens with one attached hydrogen (secondary N) is 1. The average molecular weight is 584 g/mol. The Hall–Kier alpha value is -5.32. The summed E-state index contributed by atoms with van der Waals surface area (Å²) in [5.74, 6) is -0.0423. The van der Waals surface area contributed by atoms with Crippen molar-refractivity contribution in [1.29, 1.82) is 0 Å². The lowest BCUT2D eigenvalue weighted by molar-refractivity contribution is 0.128. The quantitative estimate of drug-likeness (QED) is 0.235. The Kier molecular flexibility index (Phi) is 8.61. The summed E-state index contributed by atoms with van der Waals surface area (Å²) in [7, 11) is 1.54. The van der Waals surface area contributed by atoms with E-state index in [4.69, 9.17) is 18.9 Å². The van der Waals surface area contributed by atoms with Gasteiger partial charge < -0.3 is 19.2 Å². The van der Waals surface area contributed by atoms with Crippen LogP contribution in [0.2, 0.25) is 0 Å². The zero-order chi connectivity index (χ0) is 30.4. The van der Waals surface area contributed by atoms with Gasteiger partial charge in [0.15, 0.2) is 5.69 Å². The highest BCUT2D eigenvalue weighted by Gasteiger charge is 2.32. The highest BCUT2D eigenvalue weighted by atomic mass is 19.1. The highest BCUT2D eigenvalue weighted by molar-refractivity contribution is 5.68. The van der Waals surface area contributed by atoms with Crippen molar-refractivity contribution in [3.63, 3.8) is 0 Å². The molecule has 0 aliphatic heterocycles. The lowest BCUT2D eigenvalue weighted by Gasteiger charge is -2.27. The van der Waals surface area contributed by atoms with Crippen LogP contribution >= 0.6 is 0 Å². The highest BCUT2D eigenvalue weighted by Crippen LogP contribution is 2.29. The number of hydrogen-bond donors (Lipinski definition) is 1. The summed E-state index contributed by atoms with van der Waals surface area (Å²) in [4.78, 5) is 31.2. The number of halogens is 1. The molecule has 5 aromatic rings. The first-order valence-electron chi connectivity index (χ1n) is 13.5. The van der Waals surface area contributed by atoms with Crippen LogP contribution in [-0.4, -0.2) is 25.8 Å². The molecule has 2 heterocycles. The van der Waals surface area contributed by atoms with E-state index in [0.29, 0.717) is 0 Å². The molecule has 0 radical (unpaired) electrons. The van der Waals surface area contributed by atoms with E-state index in [0.717, 1.165) is 16.7 Å². The summed E-state index contributed by atoms with van der Waals surface area (Å²) in [5, 5.41) is 11.0. The smallest absolute Gasteiger partial charge is 0.408 e. The molecule has 0 fully saturated rings. The van der Waals surface area contributed by atoms with E-state index in [9.17, 15) is 14.0 Å². The zero-order valence-electron chi connectivity index (χ0n) is 23.9. The number of amides is 1. The number of rotatable bonds is 10. The van der Waals surface area contributed by atoms with Gasteiger partial charge in [-0.2, -0.15) is 0 Å². The van der Waals surface area contributed by atoms with Gasteiger partial charge in [0.25, 0.3) is 11.4 Å². The van der Waals surface area contributed by atoms with Crippen molar-refractivity contribution < 1.29 is 23.1 Å². The fourth-order valence-electron chi connectivity index (χ4n) is 4.41. The minimum absolute atomic E-state index is 0.0272. The van der Waals surface area contributed by atoms with Crippen molar-refractivity contribution in [2.24, 2.45) is 7.05 Å². The molecular weight excluding hydrogens is 553 g/mol. The van der Waals surface area contributed by atoms with E-state index in [-0.39, 0.29) is 54.5 Å². The molecule has 11 heteroatoms. The normalized spacial score (nSPS) is 11.3. The first-order valence-corrected chi connectivity index (χ1v) is 13.5. The maximum atomic E-state index is 13.7. The third-order valence-electron chi connectivity index (χ3n) is 6.60. The average Bonchev–Trinajstić information content (AvgIpc) is 3.47. The molecule has 0 bridgehead atoms. The van der Waals surface area contributed by atoms with Gasteiger partial charge in [0.05, 0.1) is 12.0 Å². The third-order valence-corrected chi connectivity index (χ3v) is 6.60. The van der Waals surface area contributed by atoms with Crippen LogP contribution in [0.5, 0.6) is 5.75 Å². The maximum absolute atomic E-state index is 13.7. The van der Waals surface area contributed by atoms with E-state index in [1.807, 2.05) is 60.7 Å². The van der Waals surface area contributed by atoms with Gasteiger partial charge in [-0.25, -0.2) is 14.2 Å². The number of aromatic nitrogens is 4. The van der Waals surface area contributed by atoms with Crippen LogP contribution < -0.4 is 15.6 Å². The number of carbonyl (C=O) groups excluding carboxylic acids is 1. The summed E-state index contributed by atoms with van der Waals surface area (Å²) in [6.07, 6.45) is -0.445. The predicted molar refractivity (Wildman–Crippen MR) is 156 cm³/mol. The Bertz CT molecular complexity index is 1750. The Morgan fingerprint density at radius 3 is 2.19 bits per heavy atom. The summed E-state index contributed by atoms with van der Waals surface area (Å²) < 4.78 is 32.0. The third kappa shape index (κ3) is 7.13. The SMILES string of the molecule is Cn1c(C(C)(C)NC(=O)OCc2ccccc2)nc(-c2nnc(Cc3ccc(F)cc3)o2)c(OCc2ccccc2)c1=O. The van der Waals surface area contributed by atoms with Crippen LogP contribution in [0.1, 0.15) is 42.3 Å². The molecule has 0 saturated carbocycles. The number of benzene rings is 3. The molecule has 220 valence electrons. The van der Waals surface area contributed by atoms with E-state index >= 15 is 0 Å². The second-order valence-electron chi connectivity index (χ2n) is 10.4. The molecule has 0 unspecified atom stereocenters. The largest absolute Gasteiger partial charge is 0.481 e. The molecular formula is C32H30FN5O5. The summed E-state index contributed by atoms with van der Waals surface area (Å²) in [6, 6.07) is 24.5. The van der Waals surface area contributed by atoms with Crippen molar-refractivity contribution in [1.82, 2.24) is 25.1 Å². The van der Waals surface area contributed by atoms with Gasteiger partial charge in [-0.05, 0) is 42.7 Å². The van der Waals surface area contributed by atoms with Crippen LogP contribution in [0.15, 0.2) is 94.1 Å². The first kappa shape index (κ1) is 29.2. The number of alkyl carbamates (subject to hydrolysis) is 1. The standard InChI is InChI=1S/C32H30FN5O5/c1-32(2,35-31(40)42-20-23-12-8-5-9-13-23)30-34-26(27(29(39)38(30)3)41-19-22-10-6-4-7-11-22)28-37-36-25(43-28)18-21-14-16-24(33)17-15-21/h4-17H,18-20H2,1-3H3,(H,35,40). The van der Waals surface area contributed by atoms with Gasteiger partial charge >= 0.3 is 6.09 Å². The molecule has 2 aromatic heterocycles. The minimum Gasteiger partial charge on any atom is -0.481 e. The molecule has 1 N–H and O–H groups in total. The van der Waals surface area contributed by atoms with Crippen molar-refractivity contribution >= 4 is 6.09 Å². The lowest BCUT2D eigenvalue weighted by atomic mass is 10.0. The van der Waals surface area contributed by atoms with Crippen molar-refractivity contribution in [2.75, 3.05) is 0 Å². The Morgan fingerprint density at radius 2 is 1.53 bits per heavy atom. The van der Waals surface area contributed by atoms with Gasteiger partial charge in [0.2, 0.25) is 11.6 Å². The maximum Gasteiger partial charge on any atom is 0.408 e. The molecule has 0 saturated heterocycles. The van der Waals surface area contributed by atoms with Crippen molar-refractivity contribution in [3.05, 3.63) is 130 Å². The van der Waals surface area contributed by atoms with Gasteiger partial charge in [-0.15, -0.1) is 10.2 Å². The molecule has 3 aromatic carbocycles. The summed E-state index contributed by atoms with van der Waals surface area (Å²) in [6.45, 7) is 3.56. The van der Waals surface area contributed by atoms with Crippen molar-refractivity contribution in [3.8, 4) is 17.3 Å².